The van der Waals surface area contributed by atoms with Gasteiger partial charge >= 0.3 is 0 Å². The van der Waals surface area contributed by atoms with Gasteiger partial charge in [0.15, 0.2) is 0 Å². The minimum absolute atomic E-state index is 0.366. The first-order valence-corrected chi connectivity index (χ1v) is 9.02. The van der Waals surface area contributed by atoms with E-state index >= 15 is 0 Å². The minimum Gasteiger partial charge on any atom is -0.104 e. The summed E-state index contributed by atoms with van der Waals surface area (Å²) in [6.07, 6.45) is 17.0. The first-order chi connectivity index (χ1) is 7.38. The van der Waals surface area contributed by atoms with Crippen molar-refractivity contribution in [3.63, 3.8) is 0 Å². The van der Waals surface area contributed by atoms with Crippen LogP contribution in [0.3, 0.4) is 0 Å². The minimum atomic E-state index is 0.366. The normalized spacial score (nSPS) is 28.6. The molecule has 2 aliphatic carbocycles. The van der Waals surface area contributed by atoms with Crippen LogP contribution < -0.4 is 0 Å². The van der Waals surface area contributed by atoms with E-state index in [1.807, 2.05) is 0 Å². The molecule has 0 saturated heterocycles. The fourth-order valence-electron chi connectivity index (χ4n) is 3.45. The molecule has 2 aliphatic rings. The average Bonchev–Trinajstić information content (AvgIpc) is 2.58. The lowest BCUT2D eigenvalue weighted by Gasteiger charge is -2.33. The molecule has 0 spiro atoms. The van der Waals surface area contributed by atoms with Gasteiger partial charge in [0.05, 0.1) is 0 Å². The van der Waals surface area contributed by atoms with Gasteiger partial charge in [-0.15, -0.1) is 7.92 Å². The van der Waals surface area contributed by atoms with Crippen molar-refractivity contribution in [2.24, 2.45) is 0 Å². The zero-order chi connectivity index (χ0) is 10.5. The summed E-state index contributed by atoms with van der Waals surface area (Å²) in [6, 6.07) is 0. The lowest BCUT2D eigenvalue weighted by molar-refractivity contribution is 0.507. The molecule has 0 bridgehead atoms. The van der Waals surface area contributed by atoms with Crippen molar-refractivity contribution in [3.05, 3.63) is 0 Å². The summed E-state index contributed by atoms with van der Waals surface area (Å²) >= 11 is 0. The molecule has 15 heavy (non-hydrogen) atoms. The van der Waals surface area contributed by atoms with Crippen LogP contribution in [0.1, 0.15) is 70.6 Å². The predicted molar refractivity (Wildman–Crippen MR) is 71.2 cm³/mol. The topological polar surface area (TPSA) is 0 Å². The van der Waals surface area contributed by atoms with Crippen LogP contribution in [0.2, 0.25) is 0 Å². The van der Waals surface area contributed by atoms with Gasteiger partial charge in [0, 0.05) is 0 Å². The maximum Gasteiger partial charge on any atom is -0.0209 e. The van der Waals surface area contributed by atoms with E-state index < -0.39 is 0 Å². The fraction of sp³-hybridized carbons (Fsp3) is 1.00. The van der Waals surface area contributed by atoms with Crippen LogP contribution in [-0.4, -0.2) is 18.0 Å². The molecular formula is C14H27P. The van der Waals surface area contributed by atoms with E-state index in [0.717, 1.165) is 11.3 Å². The Balaban J connectivity index is 1.83. The van der Waals surface area contributed by atoms with Crippen molar-refractivity contribution in [2.75, 3.05) is 6.66 Å². The van der Waals surface area contributed by atoms with E-state index in [1.54, 1.807) is 25.7 Å². The van der Waals surface area contributed by atoms with E-state index in [1.165, 1.54) is 44.9 Å². The summed E-state index contributed by atoms with van der Waals surface area (Å²) in [7, 11) is 0.366. The van der Waals surface area contributed by atoms with Gasteiger partial charge in [-0.05, 0) is 43.7 Å². The third-order valence-electron chi connectivity index (χ3n) is 4.55. The highest BCUT2D eigenvalue weighted by Crippen LogP contribution is 2.52. The molecule has 1 atom stereocenters. The molecule has 0 aliphatic heterocycles. The number of hydrogen-bond donors (Lipinski definition) is 0. The summed E-state index contributed by atoms with van der Waals surface area (Å²) in [5, 5.41) is 0. The van der Waals surface area contributed by atoms with E-state index in [0.29, 0.717) is 7.92 Å². The lowest BCUT2D eigenvalue weighted by Crippen LogP contribution is -2.17. The van der Waals surface area contributed by atoms with E-state index in [9.17, 15) is 0 Å². The Hall–Kier alpha value is 0.430. The molecule has 88 valence electrons. The van der Waals surface area contributed by atoms with Crippen molar-refractivity contribution in [3.8, 4) is 0 Å². The summed E-state index contributed by atoms with van der Waals surface area (Å²) < 4.78 is 0. The van der Waals surface area contributed by atoms with Crippen LogP contribution in [0.4, 0.5) is 0 Å². The Kier molecular flexibility index (Phi) is 4.95. The summed E-state index contributed by atoms with van der Waals surface area (Å²) in [5.41, 5.74) is 2.29. The molecule has 0 aromatic carbocycles. The second-order valence-electron chi connectivity index (χ2n) is 5.60. The van der Waals surface area contributed by atoms with Gasteiger partial charge < -0.3 is 0 Å². The van der Waals surface area contributed by atoms with Crippen molar-refractivity contribution in [1.82, 2.24) is 0 Å². The fourth-order valence-corrected chi connectivity index (χ4v) is 6.41. The zero-order valence-corrected chi connectivity index (χ0v) is 11.3. The van der Waals surface area contributed by atoms with Crippen LogP contribution in [0.15, 0.2) is 0 Å². The molecule has 0 N–H and O–H groups in total. The molecule has 0 radical (unpaired) electrons. The lowest BCUT2D eigenvalue weighted by atomic mass is 10.0. The Labute approximate surface area is 97.0 Å². The highest BCUT2D eigenvalue weighted by molar-refractivity contribution is 7.58. The quantitative estimate of drug-likeness (QED) is 0.451. The number of rotatable bonds is 2. The van der Waals surface area contributed by atoms with Gasteiger partial charge in [0.25, 0.3) is 0 Å². The Morgan fingerprint density at radius 1 is 0.600 bits per heavy atom. The second-order valence-corrected chi connectivity index (χ2v) is 8.39. The van der Waals surface area contributed by atoms with Gasteiger partial charge in [0.2, 0.25) is 0 Å². The third-order valence-corrected chi connectivity index (χ3v) is 7.89. The van der Waals surface area contributed by atoms with Gasteiger partial charge in [-0.25, -0.2) is 0 Å². The largest absolute Gasteiger partial charge is 0.104 e. The summed E-state index contributed by atoms with van der Waals surface area (Å²) in [4.78, 5) is 0. The van der Waals surface area contributed by atoms with Gasteiger partial charge in [0.1, 0.15) is 0 Å². The monoisotopic (exact) mass is 226 g/mol. The highest BCUT2D eigenvalue weighted by atomic mass is 31.1. The molecule has 2 saturated carbocycles. The van der Waals surface area contributed by atoms with Crippen LogP contribution in [-0.2, 0) is 0 Å². The maximum atomic E-state index is 2.63. The molecule has 0 amide bonds. The Morgan fingerprint density at radius 3 is 1.33 bits per heavy atom. The summed E-state index contributed by atoms with van der Waals surface area (Å²) in [6.45, 7) is 2.63. The standard InChI is InChI=1S/C14H27P/c1-15(14-11-7-4-8-12-14)13-9-5-2-3-6-10-13/h13-14H,2-12H2,1H3. The van der Waals surface area contributed by atoms with Gasteiger partial charge in [-0.1, -0.05) is 44.9 Å². The van der Waals surface area contributed by atoms with Crippen LogP contribution in [0.5, 0.6) is 0 Å². The van der Waals surface area contributed by atoms with E-state index in [2.05, 4.69) is 6.66 Å². The van der Waals surface area contributed by atoms with Gasteiger partial charge in [-0.3, -0.25) is 0 Å². The van der Waals surface area contributed by atoms with Crippen LogP contribution in [0.25, 0.3) is 0 Å². The average molecular weight is 226 g/mol. The maximum absolute atomic E-state index is 2.63. The first-order valence-electron chi connectivity index (χ1n) is 7.10. The second kappa shape index (κ2) is 6.24. The smallest absolute Gasteiger partial charge is 0.0209 e. The van der Waals surface area contributed by atoms with Gasteiger partial charge in [-0.2, -0.15) is 0 Å². The molecular weight excluding hydrogens is 199 g/mol. The third kappa shape index (κ3) is 3.45. The highest BCUT2D eigenvalue weighted by Gasteiger charge is 2.26. The first kappa shape index (κ1) is 11.9. The molecule has 0 nitrogen and oxygen atoms in total. The Morgan fingerprint density at radius 2 is 0.933 bits per heavy atom. The van der Waals surface area contributed by atoms with E-state index in [4.69, 9.17) is 0 Å². The summed E-state index contributed by atoms with van der Waals surface area (Å²) in [5.74, 6) is 0. The molecule has 2 fully saturated rings. The predicted octanol–water partition coefficient (Wildman–Crippen LogP) is 5.15. The molecule has 0 aromatic rings. The van der Waals surface area contributed by atoms with Crippen molar-refractivity contribution < 1.29 is 0 Å². The molecule has 0 heterocycles. The van der Waals surface area contributed by atoms with Crippen molar-refractivity contribution in [2.45, 2.75) is 81.9 Å². The van der Waals surface area contributed by atoms with Crippen LogP contribution >= 0.6 is 7.92 Å². The zero-order valence-electron chi connectivity index (χ0n) is 10.4. The van der Waals surface area contributed by atoms with E-state index in [-0.39, 0.29) is 0 Å². The Bertz CT molecular complexity index is 164. The van der Waals surface area contributed by atoms with Crippen molar-refractivity contribution in [1.29, 1.82) is 0 Å². The van der Waals surface area contributed by atoms with Crippen LogP contribution in [0, 0.1) is 0 Å². The SMILES string of the molecule is CP(C1CCCCCC1)C1CCCCC1. The molecule has 1 unspecified atom stereocenters. The molecule has 2 rings (SSSR count). The molecule has 1 heteroatoms. The van der Waals surface area contributed by atoms with Crippen molar-refractivity contribution >= 4 is 7.92 Å². The number of hydrogen-bond acceptors (Lipinski definition) is 0. The molecule has 0 aromatic heterocycles.